The quantitative estimate of drug-likeness (QED) is 0.750. The zero-order valence-corrected chi connectivity index (χ0v) is 13.2. The molecule has 1 atom stereocenters. The Kier molecular flexibility index (Phi) is 3.58. The second kappa shape index (κ2) is 5.76. The van der Waals surface area contributed by atoms with Crippen molar-refractivity contribution in [3.63, 3.8) is 0 Å². The van der Waals surface area contributed by atoms with E-state index in [9.17, 15) is 14.7 Å². The molecule has 1 fully saturated rings. The molecule has 4 rings (SSSR count). The molecule has 122 valence electrons. The molecular formula is C19H18N2O3. The third-order valence-corrected chi connectivity index (χ3v) is 4.62. The van der Waals surface area contributed by atoms with E-state index in [4.69, 9.17) is 0 Å². The van der Waals surface area contributed by atoms with Gasteiger partial charge < -0.3 is 9.67 Å². The van der Waals surface area contributed by atoms with Crippen molar-refractivity contribution in [1.29, 1.82) is 0 Å². The van der Waals surface area contributed by atoms with Crippen LogP contribution in [0.3, 0.4) is 0 Å². The number of carbonyl (C=O) groups excluding carboxylic acids is 2. The minimum atomic E-state index is -0.796. The average Bonchev–Trinajstić information content (AvgIpc) is 3.08. The van der Waals surface area contributed by atoms with Gasteiger partial charge in [-0.2, -0.15) is 0 Å². The van der Waals surface area contributed by atoms with E-state index in [1.54, 1.807) is 0 Å². The van der Waals surface area contributed by atoms with Gasteiger partial charge in [0.25, 0.3) is 0 Å². The molecule has 0 bridgehead atoms. The summed E-state index contributed by atoms with van der Waals surface area (Å²) in [5, 5.41) is 12.7. The molecule has 0 aliphatic carbocycles. The molecule has 2 heterocycles. The second-order valence-electron chi connectivity index (χ2n) is 6.20. The number of fused-ring (bicyclic) bond motifs is 3. The van der Waals surface area contributed by atoms with Crippen molar-refractivity contribution in [2.24, 2.45) is 0 Å². The number of β-amino-alcohol motifs (C(OH)–C–C–N with tert-alkyl or cyclic N) is 1. The standard InChI is InChI=1S/C19H18N2O3/c22-13(12-21-18(23)9-10-19(21)24)11-20-16-7-3-1-5-14(16)15-6-2-4-8-17(15)20/h1-8,13,22H,9-12H2. The summed E-state index contributed by atoms with van der Waals surface area (Å²) < 4.78 is 2.06. The van der Waals surface area contributed by atoms with Crippen molar-refractivity contribution >= 4 is 33.6 Å². The molecule has 0 radical (unpaired) electrons. The minimum absolute atomic E-state index is 0.0541. The van der Waals surface area contributed by atoms with Crippen LogP contribution in [0, 0.1) is 0 Å². The third kappa shape index (κ3) is 2.37. The Hall–Kier alpha value is -2.66. The highest BCUT2D eigenvalue weighted by atomic mass is 16.3. The lowest BCUT2D eigenvalue weighted by Crippen LogP contribution is -2.38. The SMILES string of the molecule is O=C1CCC(=O)N1CC(O)Cn1c2ccccc2c2ccccc21. The van der Waals surface area contributed by atoms with Gasteiger partial charge in [-0.1, -0.05) is 36.4 Å². The summed E-state index contributed by atoms with van der Waals surface area (Å²) >= 11 is 0. The summed E-state index contributed by atoms with van der Waals surface area (Å²) in [4.78, 5) is 24.6. The van der Waals surface area contributed by atoms with E-state index in [0.717, 1.165) is 21.8 Å². The van der Waals surface area contributed by atoms with E-state index in [0.29, 0.717) is 6.54 Å². The number of aliphatic hydroxyl groups is 1. The fraction of sp³-hybridized carbons (Fsp3) is 0.263. The predicted octanol–water partition coefficient (Wildman–Crippen LogP) is 2.30. The number of hydrogen-bond donors (Lipinski definition) is 1. The molecule has 5 nitrogen and oxygen atoms in total. The summed E-state index contributed by atoms with van der Waals surface area (Å²) in [7, 11) is 0. The lowest BCUT2D eigenvalue weighted by molar-refractivity contribution is -0.140. The van der Waals surface area contributed by atoms with Gasteiger partial charge in [0, 0.05) is 34.6 Å². The first-order valence-electron chi connectivity index (χ1n) is 8.12. The van der Waals surface area contributed by atoms with Crippen molar-refractivity contribution in [1.82, 2.24) is 9.47 Å². The van der Waals surface area contributed by atoms with Crippen molar-refractivity contribution in [3.8, 4) is 0 Å². The van der Waals surface area contributed by atoms with Crippen molar-refractivity contribution in [3.05, 3.63) is 48.5 Å². The van der Waals surface area contributed by atoms with Crippen LogP contribution in [0.1, 0.15) is 12.8 Å². The molecule has 2 amide bonds. The van der Waals surface area contributed by atoms with Crippen molar-refractivity contribution in [2.45, 2.75) is 25.5 Å². The number of para-hydroxylation sites is 2. The fourth-order valence-corrected chi connectivity index (χ4v) is 3.51. The highest BCUT2D eigenvalue weighted by molar-refractivity contribution is 6.08. The fourth-order valence-electron chi connectivity index (χ4n) is 3.51. The van der Waals surface area contributed by atoms with Crippen LogP contribution in [-0.2, 0) is 16.1 Å². The van der Waals surface area contributed by atoms with Gasteiger partial charge in [0.15, 0.2) is 0 Å². The first-order chi connectivity index (χ1) is 11.6. The van der Waals surface area contributed by atoms with E-state index in [1.165, 1.54) is 4.90 Å². The Balaban J connectivity index is 1.68. The van der Waals surface area contributed by atoms with Gasteiger partial charge in [-0.15, -0.1) is 0 Å². The predicted molar refractivity (Wildman–Crippen MR) is 91.4 cm³/mol. The van der Waals surface area contributed by atoms with Crippen LogP contribution in [0.5, 0.6) is 0 Å². The maximum absolute atomic E-state index is 11.7. The smallest absolute Gasteiger partial charge is 0.229 e. The largest absolute Gasteiger partial charge is 0.389 e. The topological polar surface area (TPSA) is 62.5 Å². The Labute approximate surface area is 139 Å². The third-order valence-electron chi connectivity index (χ3n) is 4.62. The number of aliphatic hydroxyl groups excluding tert-OH is 1. The molecule has 0 saturated carbocycles. The zero-order chi connectivity index (χ0) is 16.7. The lowest BCUT2D eigenvalue weighted by Gasteiger charge is -2.19. The molecule has 2 aromatic carbocycles. The summed E-state index contributed by atoms with van der Waals surface area (Å²) in [6, 6.07) is 16.1. The number of carbonyl (C=O) groups is 2. The zero-order valence-electron chi connectivity index (χ0n) is 13.2. The first-order valence-corrected chi connectivity index (χ1v) is 8.12. The highest BCUT2D eigenvalue weighted by Gasteiger charge is 2.30. The summed E-state index contributed by atoms with van der Waals surface area (Å²) in [6.07, 6.45) is -0.294. The number of hydrogen-bond acceptors (Lipinski definition) is 3. The van der Waals surface area contributed by atoms with Crippen LogP contribution in [0.2, 0.25) is 0 Å². The molecule has 0 spiro atoms. The Morgan fingerprint density at radius 3 is 1.88 bits per heavy atom. The van der Waals surface area contributed by atoms with Crippen LogP contribution < -0.4 is 0 Å². The minimum Gasteiger partial charge on any atom is -0.389 e. The monoisotopic (exact) mass is 322 g/mol. The van der Waals surface area contributed by atoms with Crippen LogP contribution in [-0.4, -0.2) is 39.0 Å². The summed E-state index contributed by atoms with van der Waals surface area (Å²) in [5.41, 5.74) is 2.08. The number of rotatable bonds is 4. The second-order valence-corrected chi connectivity index (χ2v) is 6.20. The van der Waals surface area contributed by atoms with Gasteiger partial charge in [0.2, 0.25) is 11.8 Å². The van der Waals surface area contributed by atoms with Gasteiger partial charge in [-0.25, -0.2) is 0 Å². The normalized spacial score (nSPS) is 16.5. The summed E-state index contributed by atoms with van der Waals surface area (Å²) in [5.74, 6) is -0.387. The number of imide groups is 1. The van der Waals surface area contributed by atoms with E-state index in [2.05, 4.69) is 16.7 Å². The number of benzene rings is 2. The first kappa shape index (κ1) is 14.9. The molecule has 1 N–H and O–H groups in total. The van der Waals surface area contributed by atoms with Gasteiger partial charge in [-0.3, -0.25) is 14.5 Å². The van der Waals surface area contributed by atoms with E-state index >= 15 is 0 Å². The van der Waals surface area contributed by atoms with Crippen LogP contribution in [0.15, 0.2) is 48.5 Å². The molecule has 1 saturated heterocycles. The lowest BCUT2D eigenvalue weighted by atomic mass is 10.2. The number of nitrogens with zero attached hydrogens (tertiary/aromatic N) is 2. The molecule has 1 aromatic heterocycles. The van der Waals surface area contributed by atoms with Gasteiger partial charge in [0.1, 0.15) is 0 Å². The van der Waals surface area contributed by atoms with E-state index in [1.807, 2.05) is 36.4 Å². The molecule has 1 aliphatic heterocycles. The molecule has 1 unspecified atom stereocenters. The molecule has 1 aliphatic rings. The van der Waals surface area contributed by atoms with Crippen LogP contribution in [0.25, 0.3) is 21.8 Å². The molecule has 3 aromatic rings. The number of likely N-dealkylation sites (tertiary alicyclic amines) is 1. The van der Waals surface area contributed by atoms with Crippen molar-refractivity contribution < 1.29 is 14.7 Å². The Bertz CT molecular complexity index is 875. The van der Waals surface area contributed by atoms with E-state index < -0.39 is 6.10 Å². The Morgan fingerprint density at radius 2 is 1.33 bits per heavy atom. The van der Waals surface area contributed by atoms with Crippen molar-refractivity contribution in [2.75, 3.05) is 6.54 Å². The number of amides is 2. The average molecular weight is 322 g/mol. The van der Waals surface area contributed by atoms with Gasteiger partial charge in [-0.05, 0) is 12.1 Å². The maximum Gasteiger partial charge on any atom is 0.229 e. The molecular weight excluding hydrogens is 304 g/mol. The molecule has 5 heteroatoms. The Morgan fingerprint density at radius 1 is 0.833 bits per heavy atom. The van der Waals surface area contributed by atoms with Gasteiger partial charge >= 0.3 is 0 Å². The summed E-state index contributed by atoms with van der Waals surface area (Å²) in [6.45, 7) is 0.392. The van der Waals surface area contributed by atoms with E-state index in [-0.39, 0.29) is 31.2 Å². The number of aromatic nitrogens is 1. The highest BCUT2D eigenvalue weighted by Crippen LogP contribution is 2.29. The van der Waals surface area contributed by atoms with Crippen LogP contribution >= 0.6 is 0 Å². The maximum atomic E-state index is 11.7. The molecule has 24 heavy (non-hydrogen) atoms. The van der Waals surface area contributed by atoms with Crippen LogP contribution in [0.4, 0.5) is 0 Å². The van der Waals surface area contributed by atoms with Gasteiger partial charge in [0.05, 0.1) is 19.2 Å².